The van der Waals surface area contributed by atoms with Crippen LogP contribution in [0.2, 0.25) is 0 Å². The molecule has 1 heterocycles. The van der Waals surface area contributed by atoms with E-state index in [1.165, 1.54) is 0 Å². The Morgan fingerprint density at radius 3 is 2.59 bits per heavy atom. The lowest BCUT2D eigenvalue weighted by Gasteiger charge is -2.15. The summed E-state index contributed by atoms with van der Waals surface area (Å²) in [5, 5.41) is 0. The SMILES string of the molecule is CI.CN(C)CCOC(=O)CN1CCCC1=O. The van der Waals surface area contributed by atoms with Gasteiger partial charge >= 0.3 is 5.97 Å². The summed E-state index contributed by atoms with van der Waals surface area (Å²) in [7, 11) is 3.83. The first-order valence-corrected chi connectivity index (χ1v) is 7.71. The Balaban J connectivity index is 0.00000121. The second kappa shape index (κ2) is 9.64. The van der Waals surface area contributed by atoms with Crippen molar-refractivity contribution in [2.75, 3.05) is 45.3 Å². The van der Waals surface area contributed by atoms with Gasteiger partial charge in [0.15, 0.2) is 0 Å². The summed E-state index contributed by atoms with van der Waals surface area (Å²) in [5.74, 6) is -0.258. The molecule has 0 aromatic heterocycles. The van der Waals surface area contributed by atoms with Gasteiger partial charge in [-0.15, -0.1) is 0 Å². The summed E-state index contributed by atoms with van der Waals surface area (Å²) >= 11 is 2.15. The van der Waals surface area contributed by atoms with Crippen molar-refractivity contribution in [2.45, 2.75) is 12.8 Å². The van der Waals surface area contributed by atoms with Gasteiger partial charge in [0, 0.05) is 19.5 Å². The van der Waals surface area contributed by atoms with Gasteiger partial charge in [0.2, 0.25) is 5.91 Å². The molecule has 1 saturated heterocycles. The highest BCUT2D eigenvalue weighted by atomic mass is 127. The molecular formula is C11H21IN2O3. The van der Waals surface area contributed by atoms with Crippen LogP contribution in [0.25, 0.3) is 0 Å². The van der Waals surface area contributed by atoms with Gasteiger partial charge < -0.3 is 14.5 Å². The average molecular weight is 356 g/mol. The van der Waals surface area contributed by atoms with Gasteiger partial charge in [0.05, 0.1) is 0 Å². The molecule has 1 fully saturated rings. The Hall–Kier alpha value is -0.370. The minimum absolute atomic E-state index is 0.0551. The van der Waals surface area contributed by atoms with Gasteiger partial charge in [0.1, 0.15) is 13.2 Å². The molecular weight excluding hydrogens is 335 g/mol. The number of amides is 1. The summed E-state index contributed by atoms with van der Waals surface area (Å²) in [4.78, 5) is 28.0. The maximum Gasteiger partial charge on any atom is 0.325 e. The van der Waals surface area contributed by atoms with Crippen LogP contribution in [0.4, 0.5) is 0 Å². The van der Waals surface area contributed by atoms with Crippen LogP contribution in [0.5, 0.6) is 0 Å². The van der Waals surface area contributed by atoms with Crippen molar-refractivity contribution in [1.82, 2.24) is 9.80 Å². The standard InChI is InChI=1S/C10H18N2O3.CH3I/c1-11(2)6-7-15-10(14)8-12-5-3-4-9(12)13;1-2/h3-8H2,1-2H3;1H3. The molecule has 0 unspecified atom stereocenters. The Kier molecular flexibility index (Phi) is 9.43. The maximum atomic E-state index is 11.3. The van der Waals surface area contributed by atoms with Crippen molar-refractivity contribution in [2.24, 2.45) is 0 Å². The van der Waals surface area contributed by atoms with E-state index in [0.29, 0.717) is 26.1 Å². The minimum atomic E-state index is -0.313. The van der Waals surface area contributed by atoms with Gasteiger partial charge in [-0.1, -0.05) is 22.6 Å². The number of rotatable bonds is 5. The van der Waals surface area contributed by atoms with E-state index in [9.17, 15) is 9.59 Å². The zero-order valence-corrected chi connectivity index (χ0v) is 12.9. The first-order chi connectivity index (χ1) is 8.09. The molecule has 17 heavy (non-hydrogen) atoms. The van der Waals surface area contributed by atoms with Crippen molar-refractivity contribution in [3.63, 3.8) is 0 Å². The smallest absolute Gasteiger partial charge is 0.325 e. The summed E-state index contributed by atoms with van der Waals surface area (Å²) in [6, 6.07) is 0. The van der Waals surface area contributed by atoms with E-state index in [4.69, 9.17) is 4.74 Å². The third-order valence-electron chi connectivity index (χ3n) is 2.29. The molecule has 0 aliphatic carbocycles. The molecule has 1 aliphatic rings. The molecule has 1 aliphatic heterocycles. The molecule has 0 bridgehead atoms. The summed E-state index contributed by atoms with van der Waals surface area (Å²) in [5.41, 5.74) is 0. The lowest BCUT2D eigenvalue weighted by atomic mass is 10.4. The molecule has 0 N–H and O–H groups in total. The monoisotopic (exact) mass is 356 g/mol. The predicted molar refractivity (Wildman–Crippen MR) is 75.3 cm³/mol. The number of esters is 1. The highest BCUT2D eigenvalue weighted by molar-refractivity contribution is 14.1. The fourth-order valence-corrected chi connectivity index (χ4v) is 1.41. The number of nitrogens with zero attached hydrogens (tertiary/aromatic N) is 2. The van der Waals surface area contributed by atoms with Crippen molar-refractivity contribution < 1.29 is 14.3 Å². The molecule has 100 valence electrons. The lowest BCUT2D eigenvalue weighted by Crippen LogP contribution is -2.32. The van der Waals surface area contributed by atoms with E-state index in [-0.39, 0.29) is 18.4 Å². The highest BCUT2D eigenvalue weighted by Crippen LogP contribution is 2.08. The van der Waals surface area contributed by atoms with Crippen molar-refractivity contribution >= 4 is 34.5 Å². The largest absolute Gasteiger partial charge is 0.463 e. The molecule has 0 spiro atoms. The van der Waals surface area contributed by atoms with E-state index in [0.717, 1.165) is 6.42 Å². The third kappa shape index (κ3) is 7.54. The first kappa shape index (κ1) is 16.6. The van der Waals surface area contributed by atoms with Gasteiger partial charge in [-0.3, -0.25) is 9.59 Å². The van der Waals surface area contributed by atoms with Crippen LogP contribution in [-0.2, 0) is 14.3 Å². The summed E-state index contributed by atoms with van der Waals surface area (Å²) < 4.78 is 4.99. The average Bonchev–Trinajstić information content (AvgIpc) is 2.67. The second-order valence-corrected chi connectivity index (χ2v) is 3.94. The van der Waals surface area contributed by atoms with Crippen LogP contribution < -0.4 is 0 Å². The minimum Gasteiger partial charge on any atom is -0.463 e. The summed E-state index contributed by atoms with van der Waals surface area (Å²) in [6.07, 6.45) is 1.41. The maximum absolute atomic E-state index is 11.3. The van der Waals surface area contributed by atoms with Gasteiger partial charge in [-0.25, -0.2) is 0 Å². The molecule has 1 amide bonds. The molecule has 0 aromatic rings. The number of alkyl halides is 1. The Labute approximate surface area is 117 Å². The van der Waals surface area contributed by atoms with Crippen LogP contribution in [0.15, 0.2) is 0 Å². The van der Waals surface area contributed by atoms with Crippen LogP contribution >= 0.6 is 22.6 Å². The quantitative estimate of drug-likeness (QED) is 0.415. The zero-order valence-electron chi connectivity index (χ0n) is 10.7. The number of likely N-dealkylation sites (tertiary alicyclic amines) is 1. The number of likely N-dealkylation sites (N-methyl/N-ethyl adjacent to an activating group) is 1. The first-order valence-electron chi connectivity index (χ1n) is 5.55. The van der Waals surface area contributed by atoms with E-state index in [1.807, 2.05) is 23.9 Å². The number of hydrogen-bond acceptors (Lipinski definition) is 4. The number of carbonyl (C=O) groups is 2. The fraction of sp³-hybridized carbons (Fsp3) is 0.818. The van der Waals surface area contributed by atoms with Gasteiger partial charge in [0.25, 0.3) is 0 Å². The van der Waals surface area contributed by atoms with Crippen LogP contribution in [0, 0.1) is 0 Å². The van der Waals surface area contributed by atoms with Crippen LogP contribution in [0.3, 0.4) is 0 Å². The van der Waals surface area contributed by atoms with E-state index < -0.39 is 0 Å². The lowest BCUT2D eigenvalue weighted by molar-refractivity contribution is -0.148. The van der Waals surface area contributed by atoms with Gasteiger partial charge in [-0.05, 0) is 25.4 Å². The normalized spacial score (nSPS) is 14.6. The van der Waals surface area contributed by atoms with Crippen molar-refractivity contribution in [3.05, 3.63) is 0 Å². The molecule has 0 atom stereocenters. The topological polar surface area (TPSA) is 49.9 Å². The van der Waals surface area contributed by atoms with Crippen LogP contribution in [0.1, 0.15) is 12.8 Å². The number of carbonyl (C=O) groups excluding carboxylic acids is 2. The Morgan fingerprint density at radius 2 is 2.12 bits per heavy atom. The second-order valence-electron chi connectivity index (χ2n) is 3.94. The van der Waals surface area contributed by atoms with E-state index >= 15 is 0 Å². The van der Waals surface area contributed by atoms with E-state index in [2.05, 4.69) is 22.6 Å². The summed E-state index contributed by atoms with van der Waals surface area (Å²) in [6.45, 7) is 1.88. The fourth-order valence-electron chi connectivity index (χ4n) is 1.41. The van der Waals surface area contributed by atoms with Gasteiger partial charge in [-0.2, -0.15) is 0 Å². The number of hydrogen-bond donors (Lipinski definition) is 0. The van der Waals surface area contributed by atoms with E-state index in [1.54, 1.807) is 4.90 Å². The third-order valence-corrected chi connectivity index (χ3v) is 2.29. The molecule has 1 rings (SSSR count). The molecule has 0 saturated carbocycles. The molecule has 6 heteroatoms. The molecule has 5 nitrogen and oxygen atoms in total. The Morgan fingerprint density at radius 1 is 1.47 bits per heavy atom. The number of ether oxygens (including phenoxy) is 1. The highest BCUT2D eigenvalue weighted by Gasteiger charge is 2.22. The predicted octanol–water partition coefficient (Wildman–Crippen LogP) is 0.765. The zero-order chi connectivity index (χ0) is 13.3. The molecule has 0 aromatic carbocycles. The van der Waals surface area contributed by atoms with Crippen molar-refractivity contribution in [3.8, 4) is 0 Å². The number of halogens is 1. The van der Waals surface area contributed by atoms with Crippen molar-refractivity contribution in [1.29, 1.82) is 0 Å². The molecule has 0 radical (unpaired) electrons. The van der Waals surface area contributed by atoms with Crippen LogP contribution in [-0.4, -0.2) is 66.9 Å². The Bertz CT molecular complexity index is 247.